The van der Waals surface area contributed by atoms with Crippen molar-refractivity contribution in [3.05, 3.63) is 71.8 Å². The van der Waals surface area contributed by atoms with Crippen LogP contribution in [0.3, 0.4) is 0 Å². The number of benzene rings is 1. The van der Waals surface area contributed by atoms with Crippen molar-refractivity contribution in [1.29, 1.82) is 0 Å². The van der Waals surface area contributed by atoms with Crippen molar-refractivity contribution in [2.45, 2.75) is 19.6 Å². The number of hydrogen-bond acceptors (Lipinski definition) is 5. The molecule has 3 aromatic heterocycles. The second-order valence-electron chi connectivity index (χ2n) is 7.57. The highest BCUT2D eigenvalue weighted by Crippen LogP contribution is 2.32. The molecular weight excluding hydrogens is 416 g/mol. The van der Waals surface area contributed by atoms with Crippen LogP contribution in [0.5, 0.6) is 5.75 Å². The summed E-state index contributed by atoms with van der Waals surface area (Å²) in [6.45, 7) is -2.03. The van der Waals surface area contributed by atoms with E-state index in [2.05, 4.69) is 19.8 Å². The van der Waals surface area contributed by atoms with Gasteiger partial charge in [0.15, 0.2) is 0 Å². The number of fused-ring (bicyclic) bond motifs is 2. The smallest absolute Gasteiger partial charge is 0.387 e. The normalized spacial score (nSPS) is 13.4. The van der Waals surface area contributed by atoms with E-state index in [9.17, 15) is 13.6 Å². The lowest BCUT2D eigenvalue weighted by Gasteiger charge is -2.26. The van der Waals surface area contributed by atoms with Gasteiger partial charge in [-0.3, -0.25) is 19.4 Å². The molecule has 1 aliphatic rings. The van der Waals surface area contributed by atoms with Crippen LogP contribution in [0.2, 0.25) is 0 Å². The molecular formula is C23H19F2N5O2. The van der Waals surface area contributed by atoms with Gasteiger partial charge >= 0.3 is 6.61 Å². The first-order valence-electron chi connectivity index (χ1n) is 10.1. The van der Waals surface area contributed by atoms with E-state index in [4.69, 9.17) is 0 Å². The molecule has 0 aliphatic carbocycles. The Bertz CT molecular complexity index is 1320. The van der Waals surface area contributed by atoms with Crippen LogP contribution in [0.4, 0.5) is 8.78 Å². The van der Waals surface area contributed by atoms with Gasteiger partial charge in [0, 0.05) is 48.1 Å². The van der Waals surface area contributed by atoms with Gasteiger partial charge in [-0.25, -0.2) is 0 Å². The first-order valence-corrected chi connectivity index (χ1v) is 10.1. The maximum absolute atomic E-state index is 13.1. The van der Waals surface area contributed by atoms with Gasteiger partial charge < -0.3 is 9.64 Å². The Morgan fingerprint density at radius 2 is 2.06 bits per heavy atom. The number of amides is 1. The van der Waals surface area contributed by atoms with E-state index in [0.717, 1.165) is 27.9 Å². The second kappa shape index (κ2) is 7.99. The fraction of sp³-hybridized carbons (Fsp3) is 0.217. The van der Waals surface area contributed by atoms with E-state index in [1.807, 2.05) is 24.3 Å². The molecule has 0 atom stereocenters. The fourth-order valence-corrected chi connectivity index (χ4v) is 4.16. The topological polar surface area (TPSA) is 73.1 Å². The highest BCUT2D eigenvalue weighted by Gasteiger charge is 2.28. The van der Waals surface area contributed by atoms with Gasteiger partial charge in [-0.05, 0) is 36.8 Å². The SMILES string of the molecule is Cn1nc2c(c1-c1cncc(OC(F)F)c1)CCN(C(=O)c1ccc3ncccc3c1)C2. The summed E-state index contributed by atoms with van der Waals surface area (Å²) in [4.78, 5) is 23.2. The van der Waals surface area contributed by atoms with Crippen LogP contribution in [0, 0.1) is 0 Å². The summed E-state index contributed by atoms with van der Waals surface area (Å²) in [6, 6.07) is 10.8. The molecule has 9 heteroatoms. The number of aromatic nitrogens is 4. The first-order chi connectivity index (χ1) is 15.5. The number of carbonyl (C=O) groups is 1. The van der Waals surface area contributed by atoms with Gasteiger partial charge in [-0.1, -0.05) is 6.07 Å². The molecule has 0 radical (unpaired) electrons. The molecule has 32 heavy (non-hydrogen) atoms. The number of carbonyl (C=O) groups excluding carboxylic acids is 1. The van der Waals surface area contributed by atoms with Gasteiger partial charge in [-0.15, -0.1) is 0 Å². The molecule has 0 fully saturated rings. The molecule has 0 spiro atoms. The lowest BCUT2D eigenvalue weighted by molar-refractivity contribution is -0.0500. The summed E-state index contributed by atoms with van der Waals surface area (Å²) in [7, 11) is 1.79. The third-order valence-corrected chi connectivity index (χ3v) is 5.55. The molecule has 0 saturated heterocycles. The summed E-state index contributed by atoms with van der Waals surface area (Å²) in [5.41, 5.74) is 4.63. The van der Waals surface area contributed by atoms with Gasteiger partial charge in [0.25, 0.3) is 5.91 Å². The van der Waals surface area contributed by atoms with Gasteiger partial charge in [-0.2, -0.15) is 13.9 Å². The lowest BCUT2D eigenvalue weighted by atomic mass is 10.00. The van der Waals surface area contributed by atoms with Crippen LogP contribution >= 0.6 is 0 Å². The summed E-state index contributed by atoms with van der Waals surface area (Å²) in [5, 5.41) is 5.50. The monoisotopic (exact) mass is 435 g/mol. The lowest BCUT2D eigenvalue weighted by Crippen LogP contribution is -2.36. The molecule has 0 unspecified atom stereocenters. The minimum absolute atomic E-state index is 0.00847. The van der Waals surface area contributed by atoms with Crippen molar-refractivity contribution >= 4 is 16.8 Å². The third-order valence-electron chi connectivity index (χ3n) is 5.55. The zero-order valence-corrected chi connectivity index (χ0v) is 17.2. The Hall–Kier alpha value is -3.88. The summed E-state index contributed by atoms with van der Waals surface area (Å²) >= 11 is 0. The molecule has 1 aliphatic heterocycles. The van der Waals surface area contributed by atoms with E-state index in [0.29, 0.717) is 30.6 Å². The zero-order valence-electron chi connectivity index (χ0n) is 17.2. The quantitative estimate of drug-likeness (QED) is 0.487. The predicted octanol–water partition coefficient (Wildman–Crippen LogP) is 3.83. The molecule has 1 aromatic carbocycles. The maximum atomic E-state index is 13.1. The van der Waals surface area contributed by atoms with E-state index in [1.165, 1.54) is 12.3 Å². The number of hydrogen-bond donors (Lipinski definition) is 0. The van der Waals surface area contributed by atoms with Crippen molar-refractivity contribution in [1.82, 2.24) is 24.6 Å². The predicted molar refractivity (Wildman–Crippen MR) is 113 cm³/mol. The molecule has 1 amide bonds. The second-order valence-corrected chi connectivity index (χ2v) is 7.57. The van der Waals surface area contributed by atoms with Gasteiger partial charge in [0.2, 0.25) is 0 Å². The summed E-state index contributed by atoms with van der Waals surface area (Å²) in [6.07, 6.45) is 5.16. The van der Waals surface area contributed by atoms with Crippen molar-refractivity contribution in [2.75, 3.05) is 6.54 Å². The molecule has 5 rings (SSSR count). The molecule has 0 saturated carbocycles. The van der Waals surface area contributed by atoms with Crippen molar-refractivity contribution in [3.63, 3.8) is 0 Å². The Labute approximate surface area is 182 Å². The van der Waals surface area contributed by atoms with Crippen LogP contribution in [0.15, 0.2) is 55.0 Å². The van der Waals surface area contributed by atoms with Crippen LogP contribution in [-0.2, 0) is 20.0 Å². The Kier molecular flexibility index (Phi) is 5.01. The standard InChI is InChI=1S/C23H19F2N5O2/c1-29-21(16-10-17(12-26-11-16)32-23(24)25)18-6-8-30(13-20(18)28-29)22(31)15-4-5-19-14(9-15)3-2-7-27-19/h2-5,7,9-12,23H,6,8,13H2,1H3. The number of rotatable bonds is 4. The number of halogens is 2. The Morgan fingerprint density at radius 1 is 1.19 bits per heavy atom. The number of nitrogens with zero attached hydrogens (tertiary/aromatic N) is 5. The first kappa shape index (κ1) is 20.0. The molecule has 0 bridgehead atoms. The number of aryl methyl sites for hydroxylation is 1. The highest BCUT2D eigenvalue weighted by atomic mass is 19.3. The average molecular weight is 435 g/mol. The van der Waals surface area contributed by atoms with E-state index >= 15 is 0 Å². The highest BCUT2D eigenvalue weighted by molar-refractivity contribution is 5.98. The fourth-order valence-electron chi connectivity index (χ4n) is 4.16. The van der Waals surface area contributed by atoms with Crippen LogP contribution < -0.4 is 4.74 Å². The average Bonchev–Trinajstić information content (AvgIpc) is 3.12. The summed E-state index contributed by atoms with van der Waals surface area (Å²) < 4.78 is 31.3. The third kappa shape index (κ3) is 3.66. The van der Waals surface area contributed by atoms with E-state index < -0.39 is 6.61 Å². The maximum Gasteiger partial charge on any atom is 0.387 e. The molecule has 162 valence electrons. The van der Waals surface area contributed by atoms with Crippen LogP contribution in [0.25, 0.3) is 22.2 Å². The number of pyridine rings is 2. The van der Waals surface area contributed by atoms with Crippen LogP contribution in [-0.4, -0.2) is 43.7 Å². The van der Waals surface area contributed by atoms with Gasteiger partial charge in [0.1, 0.15) is 5.75 Å². The minimum Gasteiger partial charge on any atom is -0.433 e. The van der Waals surface area contributed by atoms with Gasteiger partial charge in [0.05, 0.1) is 29.6 Å². The number of ether oxygens (including phenoxy) is 1. The molecule has 4 aromatic rings. The largest absolute Gasteiger partial charge is 0.433 e. The zero-order chi connectivity index (χ0) is 22.2. The van der Waals surface area contributed by atoms with Crippen molar-refractivity contribution in [3.8, 4) is 17.0 Å². The molecule has 4 heterocycles. The minimum atomic E-state index is -2.92. The Balaban J connectivity index is 1.42. The van der Waals surface area contributed by atoms with Crippen molar-refractivity contribution in [2.24, 2.45) is 7.05 Å². The van der Waals surface area contributed by atoms with Crippen molar-refractivity contribution < 1.29 is 18.3 Å². The van der Waals surface area contributed by atoms with Crippen LogP contribution in [0.1, 0.15) is 21.6 Å². The molecule has 0 N–H and O–H groups in total. The number of alkyl halides is 2. The summed E-state index contributed by atoms with van der Waals surface area (Å²) in [5.74, 6) is -0.0755. The Morgan fingerprint density at radius 3 is 2.91 bits per heavy atom. The van der Waals surface area contributed by atoms with E-state index in [-0.39, 0.29) is 11.7 Å². The molecule has 7 nitrogen and oxygen atoms in total. The van der Waals surface area contributed by atoms with E-state index in [1.54, 1.807) is 35.1 Å².